The van der Waals surface area contributed by atoms with E-state index in [1.807, 2.05) is 0 Å². The maximum atomic E-state index is 15.1. The normalized spacial score (nSPS) is 18.1. The highest BCUT2D eigenvalue weighted by Gasteiger charge is 2.33. The molecule has 5 aromatic rings. The van der Waals surface area contributed by atoms with Crippen LogP contribution >= 0.6 is 23.1 Å². The van der Waals surface area contributed by atoms with Crippen molar-refractivity contribution in [3.05, 3.63) is 93.5 Å². The molecule has 2 aromatic heterocycles. The van der Waals surface area contributed by atoms with Gasteiger partial charge in [0.2, 0.25) is 17.8 Å². The molecule has 3 aliphatic heterocycles. The number of nitrogens with zero attached hydrogens (tertiary/aromatic N) is 6. The Morgan fingerprint density at radius 3 is 2.31 bits per heavy atom. The summed E-state index contributed by atoms with van der Waals surface area (Å²) in [5, 5.41) is 9.75. The number of rotatable bonds is 13. The summed E-state index contributed by atoms with van der Waals surface area (Å²) in [6.45, 7) is 11.5. The van der Waals surface area contributed by atoms with Crippen LogP contribution in [-0.4, -0.2) is 109 Å². The quantitative estimate of drug-likeness (QED) is 0.0781. The summed E-state index contributed by atoms with van der Waals surface area (Å²) in [6.07, 6.45) is 6.67. The zero-order chi connectivity index (χ0) is 45.3. The molecule has 0 spiro atoms. The van der Waals surface area contributed by atoms with Gasteiger partial charge >= 0.3 is 0 Å². The number of hydrogen-bond donors (Lipinski definition) is 3. The van der Waals surface area contributed by atoms with E-state index in [0.29, 0.717) is 74.1 Å². The van der Waals surface area contributed by atoms with Crippen LogP contribution in [0.2, 0.25) is 0 Å². The van der Waals surface area contributed by atoms with E-state index < -0.39 is 42.3 Å². The average Bonchev–Trinajstić information content (AvgIpc) is 3.26. The van der Waals surface area contributed by atoms with E-state index in [1.165, 1.54) is 24.3 Å². The molecular weight excluding hydrogens is 910 g/mol. The second-order valence-electron chi connectivity index (χ2n) is 17.0. The SMILES string of the molecule is CCc1cc(Nc2ncc(Br)c(Nc3cnc4ccc(F)cc4c3P(C)(C)=O)n2)c(OC)cc1N1CCC(N2CCN(CCc3cc(F)c(C4CCC(=O)NC4=O)c(F)c3)CC2)CC1. The fraction of sp³-hybridized carbons (Fsp3) is 0.413. The Kier molecular flexibility index (Phi) is 13.6. The number of nitrogens with one attached hydrogen (secondary N) is 3. The van der Waals surface area contributed by atoms with E-state index in [4.69, 9.17) is 9.72 Å². The number of aryl methyl sites for hydroxylation is 1. The van der Waals surface area contributed by atoms with E-state index in [1.54, 1.807) is 38.9 Å². The number of carbonyl (C=O) groups is 2. The Balaban J connectivity index is 0.873. The average molecular weight is 963 g/mol. The minimum absolute atomic E-state index is 0.0584. The number of carbonyl (C=O) groups excluding carboxylic acids is 2. The Morgan fingerprint density at radius 1 is 0.906 bits per heavy atom. The van der Waals surface area contributed by atoms with Crippen LogP contribution in [0.1, 0.15) is 55.2 Å². The number of benzene rings is 3. The number of hydrogen-bond acceptors (Lipinski definition) is 12. The summed E-state index contributed by atoms with van der Waals surface area (Å²) in [7, 11) is -1.27. The predicted octanol–water partition coefficient (Wildman–Crippen LogP) is 7.86. The number of aromatic nitrogens is 3. The van der Waals surface area contributed by atoms with Crippen molar-refractivity contribution < 1.29 is 32.1 Å². The number of halogens is 4. The van der Waals surface area contributed by atoms with Crippen molar-refractivity contribution in [3.63, 3.8) is 0 Å². The van der Waals surface area contributed by atoms with Crippen LogP contribution < -0.4 is 30.9 Å². The summed E-state index contributed by atoms with van der Waals surface area (Å²) in [4.78, 5) is 44.9. The molecule has 3 fully saturated rings. The molecule has 0 radical (unpaired) electrons. The number of amides is 2. The number of methoxy groups -OCH3 is 1. The summed E-state index contributed by atoms with van der Waals surface area (Å²) in [5.41, 5.74) is 4.27. The standard InChI is InChI=1S/C46H52BrF3N9O4P/c1-5-28-22-37(54-46-52-25-33(47)44(56-46)53-38-26-51-36-8-6-29(48)23-32(36)43(38)64(3,4)62)40(63-2)24-39(28)59-14-11-30(12-15-59)58-18-16-57(17-19-58)13-10-27-20-34(49)42(35(50)21-27)31-7-9-41(60)55-45(31)61/h6,8,20-26,30-31H,5,7,9-19H2,1-4H3,(H,55,60,61)(H2,52,53,54,56). The third kappa shape index (κ3) is 9.92. The smallest absolute Gasteiger partial charge is 0.234 e. The maximum absolute atomic E-state index is 15.1. The third-order valence-corrected chi connectivity index (χ3v) is 14.7. The second kappa shape index (κ2) is 19.2. The molecule has 8 rings (SSSR count). The third-order valence-electron chi connectivity index (χ3n) is 12.5. The molecule has 1 unspecified atom stereocenters. The summed E-state index contributed by atoms with van der Waals surface area (Å²) < 4.78 is 64.6. The van der Waals surface area contributed by atoms with Gasteiger partial charge in [0.25, 0.3) is 0 Å². The number of ether oxygens (including phenoxy) is 1. The number of anilines is 5. The summed E-state index contributed by atoms with van der Waals surface area (Å²) in [5.74, 6) is -2.64. The molecule has 0 aliphatic carbocycles. The van der Waals surface area contributed by atoms with Crippen LogP contribution in [0.15, 0.2) is 59.3 Å². The fourth-order valence-electron chi connectivity index (χ4n) is 9.24. The van der Waals surface area contributed by atoms with Gasteiger partial charge in [0, 0.05) is 92.5 Å². The predicted molar refractivity (Wildman–Crippen MR) is 248 cm³/mol. The Labute approximate surface area is 379 Å². The van der Waals surface area contributed by atoms with Gasteiger partial charge < -0.3 is 29.7 Å². The van der Waals surface area contributed by atoms with E-state index >= 15 is 8.78 Å². The lowest BCUT2D eigenvalue weighted by atomic mass is 9.89. The van der Waals surface area contributed by atoms with Gasteiger partial charge in [0.1, 0.15) is 36.2 Å². The summed E-state index contributed by atoms with van der Waals surface area (Å²) in [6, 6.07) is 11.5. The van der Waals surface area contributed by atoms with E-state index in [2.05, 4.69) is 75.6 Å². The molecule has 2 amide bonds. The van der Waals surface area contributed by atoms with Gasteiger partial charge in [-0.2, -0.15) is 4.98 Å². The molecule has 13 nitrogen and oxygen atoms in total. The molecular formula is C46H52BrF3N9O4P. The molecule has 18 heteroatoms. The minimum Gasteiger partial charge on any atom is -0.494 e. The van der Waals surface area contributed by atoms with Gasteiger partial charge in [0.05, 0.1) is 40.6 Å². The van der Waals surface area contributed by atoms with Gasteiger partial charge in [-0.25, -0.2) is 18.2 Å². The van der Waals surface area contributed by atoms with Crippen molar-refractivity contribution in [2.75, 3.05) is 81.8 Å². The first-order valence-corrected chi connectivity index (χ1v) is 25.0. The van der Waals surface area contributed by atoms with Crippen LogP contribution in [0.5, 0.6) is 5.75 Å². The van der Waals surface area contributed by atoms with Gasteiger partial charge in [-0.1, -0.05) is 6.92 Å². The Bertz CT molecular complexity index is 2610. The highest BCUT2D eigenvalue weighted by molar-refractivity contribution is 9.10. The fourth-order valence-corrected chi connectivity index (χ4v) is 11.0. The van der Waals surface area contributed by atoms with Crippen molar-refractivity contribution in [2.24, 2.45) is 0 Å². The van der Waals surface area contributed by atoms with Crippen molar-refractivity contribution in [3.8, 4) is 5.75 Å². The summed E-state index contributed by atoms with van der Waals surface area (Å²) >= 11 is 3.54. The second-order valence-corrected chi connectivity index (χ2v) is 21.0. The lowest BCUT2D eigenvalue weighted by molar-refractivity contribution is -0.134. The Hall–Kier alpha value is -5.09. The number of piperidine rings is 2. The zero-order valence-corrected chi connectivity index (χ0v) is 38.8. The van der Waals surface area contributed by atoms with Crippen LogP contribution in [0.3, 0.4) is 0 Å². The van der Waals surface area contributed by atoms with Crippen LogP contribution in [-0.2, 0) is 27.0 Å². The number of pyridine rings is 1. The maximum Gasteiger partial charge on any atom is 0.234 e. The van der Waals surface area contributed by atoms with Gasteiger partial charge in [0.15, 0.2) is 0 Å². The topological polar surface area (TPSA) is 145 Å². The van der Waals surface area contributed by atoms with Crippen LogP contribution in [0.25, 0.3) is 10.9 Å². The molecule has 3 aliphatic rings. The van der Waals surface area contributed by atoms with Crippen LogP contribution in [0.4, 0.5) is 42.0 Å². The first-order valence-electron chi connectivity index (χ1n) is 21.6. The first kappa shape index (κ1) is 45.5. The van der Waals surface area contributed by atoms with Gasteiger partial charge in [-0.15, -0.1) is 0 Å². The van der Waals surface area contributed by atoms with Crippen molar-refractivity contribution >= 4 is 79.9 Å². The number of fused-ring (bicyclic) bond motifs is 1. The van der Waals surface area contributed by atoms with E-state index in [-0.39, 0.29) is 18.4 Å². The molecule has 5 heterocycles. The molecule has 64 heavy (non-hydrogen) atoms. The molecule has 3 N–H and O–H groups in total. The molecule has 3 saturated heterocycles. The molecule has 338 valence electrons. The highest BCUT2D eigenvalue weighted by Crippen LogP contribution is 2.42. The number of piperazine rings is 1. The number of imide groups is 1. The van der Waals surface area contributed by atoms with E-state index in [0.717, 1.165) is 69.8 Å². The lowest BCUT2D eigenvalue weighted by Crippen LogP contribution is -2.53. The van der Waals surface area contributed by atoms with Gasteiger partial charge in [-0.05, 0) is 109 Å². The lowest BCUT2D eigenvalue weighted by Gasteiger charge is -2.43. The molecule has 1 atom stereocenters. The van der Waals surface area contributed by atoms with E-state index in [9.17, 15) is 18.5 Å². The van der Waals surface area contributed by atoms with Crippen molar-refractivity contribution in [1.82, 2.24) is 30.1 Å². The van der Waals surface area contributed by atoms with Gasteiger partial charge in [-0.3, -0.25) is 24.8 Å². The zero-order valence-electron chi connectivity index (χ0n) is 36.3. The Morgan fingerprint density at radius 2 is 1.64 bits per heavy atom. The molecule has 0 saturated carbocycles. The van der Waals surface area contributed by atoms with Crippen LogP contribution in [0, 0.1) is 17.5 Å². The molecule has 3 aromatic carbocycles. The largest absolute Gasteiger partial charge is 0.494 e. The highest BCUT2D eigenvalue weighted by atomic mass is 79.9. The molecule has 0 bridgehead atoms. The minimum atomic E-state index is -2.91. The van der Waals surface area contributed by atoms with Crippen molar-refractivity contribution in [1.29, 1.82) is 0 Å². The van der Waals surface area contributed by atoms with Crippen molar-refractivity contribution in [2.45, 2.75) is 57.4 Å². The monoisotopic (exact) mass is 961 g/mol. The first-order chi connectivity index (χ1) is 30.7.